The van der Waals surface area contributed by atoms with E-state index in [1.807, 2.05) is 0 Å². The van der Waals surface area contributed by atoms with Gasteiger partial charge in [-0.3, -0.25) is 19.2 Å². The van der Waals surface area contributed by atoms with E-state index >= 15 is 0 Å². The van der Waals surface area contributed by atoms with Gasteiger partial charge in [0.1, 0.15) is 13.2 Å². The number of hydrogen-bond acceptors (Lipinski definition) is 7. The van der Waals surface area contributed by atoms with E-state index in [4.69, 9.17) is 19.3 Å². The van der Waals surface area contributed by atoms with Gasteiger partial charge in [0.15, 0.2) is 6.10 Å². The normalized spacial score (nSPS) is 11.1. The van der Waals surface area contributed by atoms with Crippen LogP contribution in [0.2, 0.25) is 0 Å². The monoisotopic (exact) mass is 1010 g/mol. The van der Waals surface area contributed by atoms with Gasteiger partial charge in [-0.05, 0) is 26.2 Å². The predicted molar refractivity (Wildman–Crippen MR) is 304 cm³/mol. The van der Waals surface area contributed by atoms with Crippen LogP contribution in [0.15, 0.2) is 12.2 Å². The molecule has 0 heterocycles. The number of aliphatic carboxylic acids is 1. The van der Waals surface area contributed by atoms with Crippen LogP contribution in [-0.4, -0.2) is 48.3 Å². The van der Waals surface area contributed by atoms with Crippen molar-refractivity contribution in [1.29, 1.82) is 0 Å². The highest BCUT2D eigenvalue weighted by molar-refractivity contribution is 5.71. The zero-order valence-corrected chi connectivity index (χ0v) is 47.1. The van der Waals surface area contributed by atoms with Gasteiger partial charge in [-0.25, -0.2) is 0 Å². The first kappa shape index (κ1) is 72.9. The molecule has 0 aromatic carbocycles. The molecule has 0 spiro atoms. The molecule has 0 aliphatic heterocycles. The summed E-state index contributed by atoms with van der Waals surface area (Å²) in [6.45, 7) is 8.50. The number of ether oxygens (including phenoxy) is 3. The van der Waals surface area contributed by atoms with E-state index in [0.29, 0.717) is 19.3 Å². The van der Waals surface area contributed by atoms with E-state index < -0.39 is 12.1 Å². The number of esters is 3. The van der Waals surface area contributed by atoms with E-state index in [2.05, 4.69) is 20.8 Å². The third-order valence-corrected chi connectivity index (χ3v) is 13.6. The number of carboxylic acid groups (broad SMARTS) is 1. The van der Waals surface area contributed by atoms with Crippen LogP contribution in [0.3, 0.4) is 0 Å². The highest BCUT2D eigenvalue weighted by Gasteiger charge is 2.19. The lowest BCUT2D eigenvalue weighted by Gasteiger charge is -2.18. The van der Waals surface area contributed by atoms with Crippen LogP contribution < -0.4 is 0 Å². The Balaban J connectivity index is -0.00000533. The SMILES string of the molecule is C.C/C=C\CC(=O)O.CCCCCCCCCCCCCCCCCC(=O)OCC(COC(=O)CCCCCCCCCCCCCCCCC)OC(=O)CCCCCCCCCCCCCCCCC. The van der Waals surface area contributed by atoms with Crippen LogP contribution in [0.5, 0.6) is 0 Å². The van der Waals surface area contributed by atoms with Crippen molar-refractivity contribution in [2.45, 2.75) is 356 Å². The topological polar surface area (TPSA) is 116 Å². The molecule has 0 unspecified atom stereocenters. The summed E-state index contributed by atoms with van der Waals surface area (Å²) in [5.41, 5.74) is 0. The molecule has 1 N–H and O–H groups in total. The summed E-state index contributed by atoms with van der Waals surface area (Å²) < 4.78 is 16.9. The van der Waals surface area contributed by atoms with Crippen molar-refractivity contribution < 1.29 is 38.5 Å². The van der Waals surface area contributed by atoms with Crippen molar-refractivity contribution in [3.63, 3.8) is 0 Å². The lowest BCUT2D eigenvalue weighted by Crippen LogP contribution is -2.30. The second kappa shape index (κ2) is 63.7. The lowest BCUT2D eigenvalue weighted by molar-refractivity contribution is -0.167. The second-order valence-electron chi connectivity index (χ2n) is 20.7. The van der Waals surface area contributed by atoms with Gasteiger partial charge in [-0.1, -0.05) is 310 Å². The van der Waals surface area contributed by atoms with E-state index in [1.54, 1.807) is 19.1 Å². The first-order chi connectivity index (χ1) is 34.3. The Kier molecular flexibility index (Phi) is 65.4. The molecule has 0 fully saturated rings. The van der Waals surface area contributed by atoms with Crippen molar-refractivity contribution in [1.82, 2.24) is 0 Å². The Hall–Kier alpha value is -2.38. The second-order valence-corrected chi connectivity index (χ2v) is 20.7. The number of rotatable bonds is 55. The number of carbonyl (C=O) groups excluding carboxylic acids is 3. The molecule has 0 aliphatic rings. The van der Waals surface area contributed by atoms with Gasteiger partial charge < -0.3 is 19.3 Å². The zero-order chi connectivity index (χ0) is 51.5. The van der Waals surface area contributed by atoms with Gasteiger partial charge >= 0.3 is 23.9 Å². The predicted octanol–water partition coefficient (Wildman–Crippen LogP) is 20.4. The minimum absolute atomic E-state index is 0. The molecule has 0 atom stereocenters. The van der Waals surface area contributed by atoms with Gasteiger partial charge in [-0.15, -0.1) is 0 Å². The van der Waals surface area contributed by atoms with Crippen molar-refractivity contribution in [2.75, 3.05) is 13.2 Å². The molecular formula is C63H122O8. The van der Waals surface area contributed by atoms with Crippen LogP contribution in [0, 0.1) is 0 Å². The summed E-state index contributed by atoms with van der Waals surface area (Å²) >= 11 is 0. The van der Waals surface area contributed by atoms with Crippen LogP contribution in [0.1, 0.15) is 350 Å². The highest BCUT2D eigenvalue weighted by atomic mass is 16.6. The standard InChI is InChI=1S/C57H110O6.C5H8O2.CH4/c1-4-7-10-13-16-19-22-25-28-31-34-37-40-43-46-49-55(58)61-52-54(63-57(60)51-48-45-42-39-36-33-30-27-24-21-18-15-12-9-6-3)53-62-56(59)50-47-44-41-38-35-32-29-26-23-20-17-14-11-8-5-2;1-2-3-4-5(6)7;/h54H,4-53H2,1-3H3;2-3H,4H2,1H3,(H,6,7);1H4/b;3-2-;. The Morgan fingerprint density at radius 3 is 0.761 bits per heavy atom. The van der Waals surface area contributed by atoms with Gasteiger partial charge in [0.05, 0.1) is 6.42 Å². The molecule has 0 rings (SSSR count). The summed E-state index contributed by atoms with van der Waals surface area (Å²) in [5.74, 6) is -1.61. The summed E-state index contributed by atoms with van der Waals surface area (Å²) in [5, 5.41) is 7.99. The largest absolute Gasteiger partial charge is 0.481 e. The lowest BCUT2D eigenvalue weighted by atomic mass is 10.0. The molecular weight excluding hydrogens is 885 g/mol. The quantitative estimate of drug-likeness (QED) is 0.0277. The first-order valence-corrected chi connectivity index (χ1v) is 30.6. The molecule has 0 amide bonds. The summed E-state index contributed by atoms with van der Waals surface area (Å²) in [4.78, 5) is 47.8. The fraction of sp³-hybridized carbons (Fsp3) is 0.905. The van der Waals surface area contributed by atoms with Gasteiger partial charge in [0.25, 0.3) is 0 Å². The van der Waals surface area contributed by atoms with Crippen LogP contribution in [0.4, 0.5) is 0 Å². The number of allylic oxidation sites excluding steroid dienone is 1. The molecule has 0 aromatic heterocycles. The molecule has 8 nitrogen and oxygen atoms in total. The van der Waals surface area contributed by atoms with Gasteiger partial charge in [0.2, 0.25) is 0 Å². The molecule has 0 saturated carbocycles. The maximum Gasteiger partial charge on any atom is 0.307 e. The molecule has 0 saturated heterocycles. The molecule has 422 valence electrons. The fourth-order valence-corrected chi connectivity index (χ4v) is 9.02. The number of carbonyl (C=O) groups is 4. The van der Waals surface area contributed by atoms with E-state index in [0.717, 1.165) is 57.8 Å². The average molecular weight is 1010 g/mol. The third kappa shape index (κ3) is 65.6. The Morgan fingerprint density at radius 1 is 0.352 bits per heavy atom. The first-order valence-electron chi connectivity index (χ1n) is 30.6. The molecule has 0 aromatic rings. The molecule has 8 heteroatoms. The number of unbranched alkanes of at least 4 members (excludes halogenated alkanes) is 42. The molecule has 0 bridgehead atoms. The summed E-state index contributed by atoms with van der Waals surface area (Å²) in [7, 11) is 0. The van der Waals surface area contributed by atoms with E-state index in [-0.39, 0.29) is 45.0 Å². The van der Waals surface area contributed by atoms with Gasteiger partial charge in [-0.2, -0.15) is 0 Å². The average Bonchev–Trinajstić information content (AvgIpc) is 3.35. The van der Waals surface area contributed by atoms with Crippen LogP contribution in [-0.2, 0) is 33.4 Å². The third-order valence-electron chi connectivity index (χ3n) is 13.6. The van der Waals surface area contributed by atoms with Gasteiger partial charge in [0, 0.05) is 19.3 Å². The number of carboxylic acids is 1. The van der Waals surface area contributed by atoms with Crippen molar-refractivity contribution >= 4 is 23.9 Å². The Morgan fingerprint density at radius 2 is 0.563 bits per heavy atom. The number of hydrogen-bond donors (Lipinski definition) is 1. The molecule has 0 aliphatic carbocycles. The molecule has 71 heavy (non-hydrogen) atoms. The minimum Gasteiger partial charge on any atom is -0.481 e. The van der Waals surface area contributed by atoms with Crippen molar-refractivity contribution in [3.8, 4) is 0 Å². The summed E-state index contributed by atoms with van der Waals surface area (Å²) in [6, 6.07) is 0. The smallest absolute Gasteiger partial charge is 0.307 e. The van der Waals surface area contributed by atoms with Crippen LogP contribution >= 0.6 is 0 Å². The maximum atomic E-state index is 12.8. The minimum atomic E-state index is -0.780. The van der Waals surface area contributed by atoms with E-state index in [9.17, 15) is 19.2 Å². The van der Waals surface area contributed by atoms with Crippen molar-refractivity contribution in [3.05, 3.63) is 12.2 Å². The molecule has 0 radical (unpaired) electrons. The summed E-state index contributed by atoms with van der Waals surface area (Å²) in [6.07, 6.45) is 61.4. The van der Waals surface area contributed by atoms with E-state index in [1.165, 1.54) is 231 Å². The van der Waals surface area contributed by atoms with Crippen molar-refractivity contribution in [2.24, 2.45) is 0 Å². The Labute approximate surface area is 441 Å². The highest BCUT2D eigenvalue weighted by Crippen LogP contribution is 2.18. The Bertz CT molecular complexity index is 1070. The van der Waals surface area contributed by atoms with Crippen LogP contribution in [0.25, 0.3) is 0 Å². The fourth-order valence-electron chi connectivity index (χ4n) is 9.02. The zero-order valence-electron chi connectivity index (χ0n) is 47.1. The maximum absolute atomic E-state index is 12.8.